The van der Waals surface area contributed by atoms with E-state index in [1.807, 2.05) is 0 Å². The van der Waals surface area contributed by atoms with Crippen LogP contribution in [0.2, 0.25) is 0 Å². The molecule has 0 atom stereocenters. The number of nitrogens with zero attached hydrogens (tertiary/aromatic N) is 2. The summed E-state index contributed by atoms with van der Waals surface area (Å²) in [5.74, 6) is 0. The summed E-state index contributed by atoms with van der Waals surface area (Å²) in [6.45, 7) is -0.294. The zero-order chi connectivity index (χ0) is 8.27. The average Bonchev–Trinajstić information content (AvgIpc) is 2.04. The summed E-state index contributed by atoms with van der Waals surface area (Å²) < 4.78 is 0. The van der Waals surface area contributed by atoms with Crippen LogP contribution in [0.4, 0.5) is 5.69 Å². The predicted molar refractivity (Wildman–Crippen MR) is 38.9 cm³/mol. The lowest BCUT2D eigenvalue weighted by Crippen LogP contribution is -1.94. The monoisotopic (exact) mass is 150 g/mol. The maximum Gasteiger partial charge on any atom is 0.274 e. The van der Waals surface area contributed by atoms with Crippen molar-refractivity contribution in [2.24, 2.45) is 0 Å². The number of nitro groups is 1. The van der Waals surface area contributed by atoms with E-state index in [1.165, 1.54) is 12.1 Å². The fourth-order valence-electron chi connectivity index (χ4n) is 0.823. The van der Waals surface area contributed by atoms with Gasteiger partial charge in [-0.3, -0.25) is 10.1 Å². The molecule has 4 nitrogen and oxygen atoms in total. The quantitative estimate of drug-likeness (QED) is 0.469. The van der Waals surface area contributed by atoms with E-state index in [4.69, 9.17) is 5.73 Å². The molecular weight excluding hydrogens is 144 g/mol. The van der Waals surface area contributed by atoms with E-state index in [9.17, 15) is 10.1 Å². The first-order valence-electron chi connectivity index (χ1n) is 3.09. The van der Waals surface area contributed by atoms with Crippen molar-refractivity contribution < 1.29 is 4.92 Å². The second kappa shape index (κ2) is 3.12. The second-order valence-electron chi connectivity index (χ2n) is 2.04. The molecule has 1 rings (SSSR count). The Morgan fingerprint density at radius 1 is 1.45 bits per heavy atom. The highest BCUT2D eigenvalue weighted by Gasteiger charge is 2.09. The van der Waals surface area contributed by atoms with Crippen molar-refractivity contribution in [2.75, 3.05) is 0 Å². The topological polar surface area (TPSA) is 65.4 Å². The molecule has 0 unspecified atom stereocenters. The predicted octanol–water partition coefficient (Wildman–Crippen LogP) is 1.16. The molecule has 1 aromatic rings. The third-order valence-electron chi connectivity index (χ3n) is 1.36. The Balaban J connectivity index is 3.12. The van der Waals surface area contributed by atoms with E-state index in [0.717, 1.165) is 0 Å². The molecule has 0 aliphatic carbocycles. The highest BCUT2D eigenvalue weighted by Crippen LogP contribution is 2.16. The van der Waals surface area contributed by atoms with Crippen molar-refractivity contribution in [1.29, 1.82) is 0 Å². The lowest BCUT2D eigenvalue weighted by Gasteiger charge is -1.95. The first kappa shape index (κ1) is 7.68. The van der Waals surface area contributed by atoms with Crippen molar-refractivity contribution >= 4 is 5.69 Å². The number of hydrogen-bond donors (Lipinski definition) is 0. The lowest BCUT2D eigenvalue weighted by atomic mass is 10.2. The van der Waals surface area contributed by atoms with Gasteiger partial charge in [0, 0.05) is 11.6 Å². The fraction of sp³-hybridized carbons (Fsp3) is 0.143. The van der Waals surface area contributed by atoms with Gasteiger partial charge in [0.1, 0.15) is 0 Å². The summed E-state index contributed by atoms with van der Waals surface area (Å²) in [5.41, 5.74) is 8.98. The molecule has 0 fully saturated rings. The number of para-hydroxylation sites is 1. The van der Waals surface area contributed by atoms with Crippen LogP contribution in [-0.2, 0) is 6.54 Å². The molecule has 4 heteroatoms. The molecule has 0 aliphatic rings. The first-order chi connectivity index (χ1) is 5.25. The molecule has 0 saturated carbocycles. The van der Waals surface area contributed by atoms with Crippen LogP contribution in [0, 0.1) is 10.1 Å². The van der Waals surface area contributed by atoms with Crippen LogP contribution in [0.15, 0.2) is 24.3 Å². The molecule has 0 spiro atoms. The minimum absolute atomic E-state index is 0.0324. The normalized spacial score (nSPS) is 9.55. The lowest BCUT2D eigenvalue weighted by molar-refractivity contribution is -0.385. The molecule has 0 heterocycles. The smallest absolute Gasteiger partial charge is 0.258 e. The van der Waals surface area contributed by atoms with Gasteiger partial charge in [-0.2, -0.15) is 0 Å². The molecule has 56 valence electrons. The van der Waals surface area contributed by atoms with Crippen molar-refractivity contribution in [3.8, 4) is 0 Å². The van der Waals surface area contributed by atoms with E-state index in [0.29, 0.717) is 5.56 Å². The number of hydrogen-bond acceptors (Lipinski definition) is 2. The van der Waals surface area contributed by atoms with Crippen LogP contribution in [0.1, 0.15) is 5.56 Å². The molecule has 11 heavy (non-hydrogen) atoms. The van der Waals surface area contributed by atoms with Gasteiger partial charge in [-0.05, 0) is 0 Å². The Labute approximate surface area is 63.8 Å². The Hall–Kier alpha value is -1.42. The highest BCUT2D eigenvalue weighted by molar-refractivity contribution is 5.39. The molecule has 0 saturated heterocycles. The van der Waals surface area contributed by atoms with Crippen LogP contribution >= 0.6 is 0 Å². The number of nitro benzene ring substituents is 1. The van der Waals surface area contributed by atoms with Crippen molar-refractivity contribution in [3.05, 3.63) is 39.9 Å². The molecular formula is C7H6N2O2. The molecule has 2 radical (unpaired) electrons. The molecule has 0 aromatic heterocycles. The maximum atomic E-state index is 10.3. The van der Waals surface area contributed by atoms with Crippen LogP contribution < -0.4 is 5.73 Å². The zero-order valence-corrected chi connectivity index (χ0v) is 5.73. The van der Waals surface area contributed by atoms with Crippen LogP contribution in [0.25, 0.3) is 0 Å². The summed E-state index contributed by atoms with van der Waals surface area (Å²) >= 11 is 0. The Morgan fingerprint density at radius 3 is 2.55 bits per heavy atom. The van der Waals surface area contributed by atoms with E-state index in [1.54, 1.807) is 12.1 Å². The third kappa shape index (κ3) is 1.53. The number of benzene rings is 1. The third-order valence-corrected chi connectivity index (χ3v) is 1.36. The molecule has 0 aliphatic heterocycles. The maximum absolute atomic E-state index is 10.3. The van der Waals surface area contributed by atoms with Crippen molar-refractivity contribution in [3.63, 3.8) is 0 Å². The summed E-state index contributed by atoms with van der Waals surface area (Å²) in [6, 6.07) is 6.11. The van der Waals surface area contributed by atoms with E-state index < -0.39 is 4.92 Å². The largest absolute Gasteiger partial charge is 0.274 e. The van der Waals surface area contributed by atoms with Crippen LogP contribution in [0.5, 0.6) is 0 Å². The standard InChI is InChI=1S/C7H6N2O2/c8-5-6-3-1-2-4-7(6)9(10)11/h1-4H,5H2. The summed E-state index contributed by atoms with van der Waals surface area (Å²) in [7, 11) is 0. The molecule has 0 amide bonds. The van der Waals surface area contributed by atoms with Gasteiger partial charge >= 0.3 is 0 Å². The molecule has 0 bridgehead atoms. The van der Waals surface area contributed by atoms with Gasteiger partial charge < -0.3 is 0 Å². The van der Waals surface area contributed by atoms with E-state index >= 15 is 0 Å². The van der Waals surface area contributed by atoms with Gasteiger partial charge in [0.05, 0.1) is 11.5 Å². The zero-order valence-electron chi connectivity index (χ0n) is 5.73. The molecule has 0 N–H and O–H groups in total. The van der Waals surface area contributed by atoms with Gasteiger partial charge in [-0.25, -0.2) is 0 Å². The SMILES string of the molecule is [N]Cc1ccccc1[N+](=O)[O-]. The summed E-state index contributed by atoms with van der Waals surface area (Å²) in [5, 5.41) is 10.3. The van der Waals surface area contributed by atoms with Gasteiger partial charge in [-0.1, -0.05) is 18.2 Å². The Morgan fingerprint density at radius 2 is 2.09 bits per heavy atom. The average molecular weight is 150 g/mol. The minimum atomic E-state index is -0.508. The Kier molecular flexibility index (Phi) is 2.18. The summed E-state index contributed by atoms with van der Waals surface area (Å²) in [4.78, 5) is 9.77. The van der Waals surface area contributed by atoms with E-state index in [2.05, 4.69) is 0 Å². The van der Waals surface area contributed by atoms with Gasteiger partial charge in [0.15, 0.2) is 0 Å². The van der Waals surface area contributed by atoms with Crippen molar-refractivity contribution in [2.45, 2.75) is 6.54 Å². The van der Waals surface area contributed by atoms with Gasteiger partial charge in [0.25, 0.3) is 5.69 Å². The van der Waals surface area contributed by atoms with Crippen LogP contribution in [-0.4, -0.2) is 4.92 Å². The molecule has 1 aromatic carbocycles. The first-order valence-corrected chi connectivity index (χ1v) is 3.09. The fourth-order valence-corrected chi connectivity index (χ4v) is 0.823. The van der Waals surface area contributed by atoms with Gasteiger partial charge in [0.2, 0.25) is 0 Å². The van der Waals surface area contributed by atoms with E-state index in [-0.39, 0.29) is 12.2 Å². The van der Waals surface area contributed by atoms with Crippen LogP contribution in [0.3, 0.4) is 0 Å². The van der Waals surface area contributed by atoms with Crippen molar-refractivity contribution in [1.82, 2.24) is 5.73 Å². The van der Waals surface area contributed by atoms with Gasteiger partial charge in [-0.15, -0.1) is 5.73 Å². The highest BCUT2D eigenvalue weighted by atomic mass is 16.6. The Bertz CT molecular complexity index is 273. The second-order valence-corrected chi connectivity index (χ2v) is 2.04. The minimum Gasteiger partial charge on any atom is -0.258 e. The number of rotatable bonds is 2. The summed E-state index contributed by atoms with van der Waals surface area (Å²) in [6.07, 6.45) is 0.